The molecule has 0 atom stereocenters. The van der Waals surface area contributed by atoms with Crippen LogP contribution in [-0.4, -0.2) is 36.6 Å². The summed E-state index contributed by atoms with van der Waals surface area (Å²) in [6.07, 6.45) is 13.1. The Kier molecular flexibility index (Phi) is 11.8. The van der Waals surface area contributed by atoms with Crippen LogP contribution in [0.4, 0.5) is 0 Å². The quantitative estimate of drug-likeness (QED) is 0.508. The van der Waals surface area contributed by atoms with Gasteiger partial charge in [0.15, 0.2) is 0 Å². The Morgan fingerprint density at radius 1 is 0.950 bits per heavy atom. The van der Waals surface area contributed by atoms with Crippen LogP contribution in [0.5, 0.6) is 0 Å². The number of carbonyl (C=O) groups excluding carboxylic acids is 1. The van der Waals surface area contributed by atoms with Crippen LogP contribution >= 0.6 is 0 Å². The van der Waals surface area contributed by atoms with Crippen molar-refractivity contribution in [3.8, 4) is 0 Å². The minimum absolute atomic E-state index is 0.972. The van der Waals surface area contributed by atoms with Crippen molar-refractivity contribution < 1.29 is 14.4 Å². The van der Waals surface area contributed by atoms with Gasteiger partial charge in [-0.2, -0.15) is 0 Å². The Balaban J connectivity index is 0.000000796. The molecule has 3 nitrogen and oxygen atoms in total. The SMILES string of the molecule is CC(=O)[O-].CCCCCCCC[N+]1(CC)CCCCC1. The summed E-state index contributed by atoms with van der Waals surface area (Å²) in [5.74, 6) is -1.08. The van der Waals surface area contributed by atoms with E-state index in [4.69, 9.17) is 9.90 Å². The molecule has 0 aromatic heterocycles. The van der Waals surface area contributed by atoms with E-state index in [2.05, 4.69) is 13.8 Å². The molecule has 1 saturated heterocycles. The van der Waals surface area contributed by atoms with Crippen molar-refractivity contribution >= 4 is 5.97 Å². The van der Waals surface area contributed by atoms with Crippen LogP contribution in [0.15, 0.2) is 0 Å². The van der Waals surface area contributed by atoms with Gasteiger partial charge in [-0.1, -0.05) is 32.6 Å². The standard InChI is InChI=1S/C15H32N.C2H4O2/c1-3-5-6-7-8-10-13-16(4-2)14-11-9-12-15-16;1-2(3)4/h3-15H2,1-2H3;1H3,(H,3,4)/q+1;/p-1. The van der Waals surface area contributed by atoms with E-state index in [9.17, 15) is 0 Å². The van der Waals surface area contributed by atoms with Crippen molar-refractivity contribution in [2.45, 2.75) is 78.6 Å². The summed E-state index contributed by atoms with van der Waals surface area (Å²) in [6.45, 7) is 11.4. The molecule has 0 radical (unpaired) electrons. The van der Waals surface area contributed by atoms with Crippen LogP contribution in [0.1, 0.15) is 78.6 Å². The first-order valence-electron chi connectivity index (χ1n) is 8.59. The molecule has 0 aromatic carbocycles. The first-order chi connectivity index (χ1) is 9.56. The van der Waals surface area contributed by atoms with Gasteiger partial charge in [0, 0.05) is 5.97 Å². The number of piperidine rings is 1. The molecule has 0 saturated carbocycles. The van der Waals surface area contributed by atoms with E-state index in [1.54, 1.807) is 0 Å². The highest BCUT2D eigenvalue weighted by molar-refractivity contribution is 5.60. The molecule has 0 aromatic rings. The van der Waals surface area contributed by atoms with Crippen molar-refractivity contribution in [2.75, 3.05) is 26.2 Å². The lowest BCUT2D eigenvalue weighted by atomic mass is 10.1. The molecule has 0 N–H and O–H groups in total. The van der Waals surface area contributed by atoms with Crippen LogP contribution in [-0.2, 0) is 4.79 Å². The topological polar surface area (TPSA) is 40.1 Å². The van der Waals surface area contributed by atoms with Gasteiger partial charge < -0.3 is 14.4 Å². The zero-order chi connectivity index (χ0) is 15.3. The van der Waals surface area contributed by atoms with Crippen LogP contribution in [0.25, 0.3) is 0 Å². The fourth-order valence-electron chi connectivity index (χ4n) is 3.11. The number of hydrogen-bond acceptors (Lipinski definition) is 2. The Labute approximate surface area is 126 Å². The van der Waals surface area contributed by atoms with E-state index < -0.39 is 5.97 Å². The summed E-state index contributed by atoms with van der Waals surface area (Å²) >= 11 is 0. The molecule has 1 rings (SSSR count). The molecule has 3 heteroatoms. The van der Waals surface area contributed by atoms with E-state index in [0.717, 1.165) is 6.92 Å². The number of carboxylic acid groups (broad SMARTS) is 1. The smallest absolute Gasteiger partial charge is 0.0786 e. The second-order valence-electron chi connectivity index (χ2n) is 6.15. The molecule has 0 unspecified atom stereocenters. The fourth-order valence-corrected chi connectivity index (χ4v) is 3.11. The molecule has 1 fully saturated rings. The third-order valence-electron chi connectivity index (χ3n) is 4.42. The second-order valence-corrected chi connectivity index (χ2v) is 6.15. The largest absolute Gasteiger partial charge is 0.550 e. The van der Waals surface area contributed by atoms with E-state index >= 15 is 0 Å². The molecule has 0 spiro atoms. The third-order valence-corrected chi connectivity index (χ3v) is 4.42. The molecule has 0 amide bonds. The van der Waals surface area contributed by atoms with Gasteiger partial charge in [-0.25, -0.2) is 0 Å². The molecular weight excluding hydrogens is 250 g/mol. The molecular formula is C17H35NO2. The molecule has 120 valence electrons. The Hall–Kier alpha value is -0.570. The number of carbonyl (C=O) groups is 1. The third kappa shape index (κ3) is 10.2. The summed E-state index contributed by atoms with van der Waals surface area (Å²) < 4.78 is 1.44. The van der Waals surface area contributed by atoms with Crippen LogP contribution in [0, 0.1) is 0 Å². The average Bonchev–Trinajstić information content (AvgIpc) is 2.43. The zero-order valence-corrected chi connectivity index (χ0v) is 14.0. The highest BCUT2D eigenvalue weighted by atomic mass is 16.4. The van der Waals surface area contributed by atoms with Gasteiger partial charge in [0.1, 0.15) is 0 Å². The number of quaternary nitrogens is 1. The molecule has 20 heavy (non-hydrogen) atoms. The summed E-state index contributed by atoms with van der Waals surface area (Å²) in [6, 6.07) is 0. The number of hydrogen-bond donors (Lipinski definition) is 0. The Morgan fingerprint density at radius 2 is 1.45 bits per heavy atom. The number of rotatable bonds is 8. The Bertz CT molecular complexity index is 231. The minimum atomic E-state index is -1.08. The number of aliphatic carboxylic acids is 1. The van der Waals surface area contributed by atoms with Crippen LogP contribution in [0.3, 0.4) is 0 Å². The lowest BCUT2D eigenvalue weighted by Crippen LogP contribution is -2.51. The van der Waals surface area contributed by atoms with Gasteiger partial charge in [-0.3, -0.25) is 0 Å². The highest BCUT2D eigenvalue weighted by Gasteiger charge is 2.26. The lowest BCUT2D eigenvalue weighted by molar-refractivity contribution is -0.931. The average molecular weight is 285 g/mol. The summed E-state index contributed by atoms with van der Waals surface area (Å²) in [7, 11) is 0. The van der Waals surface area contributed by atoms with Crippen molar-refractivity contribution in [3.63, 3.8) is 0 Å². The maximum atomic E-state index is 8.89. The summed E-state index contributed by atoms with van der Waals surface area (Å²) in [5.41, 5.74) is 0. The van der Waals surface area contributed by atoms with E-state index in [1.807, 2.05) is 0 Å². The van der Waals surface area contributed by atoms with E-state index in [0.29, 0.717) is 0 Å². The molecule has 0 bridgehead atoms. The maximum Gasteiger partial charge on any atom is 0.0786 e. The molecule has 1 aliphatic heterocycles. The summed E-state index contributed by atoms with van der Waals surface area (Å²) in [4.78, 5) is 8.89. The summed E-state index contributed by atoms with van der Waals surface area (Å²) in [5, 5.41) is 8.89. The van der Waals surface area contributed by atoms with Gasteiger partial charge in [-0.15, -0.1) is 0 Å². The van der Waals surface area contributed by atoms with Gasteiger partial charge in [-0.05, 0) is 46.0 Å². The zero-order valence-electron chi connectivity index (χ0n) is 14.0. The normalized spacial score (nSPS) is 17.1. The number of likely N-dealkylation sites (tertiary alicyclic amines) is 1. The van der Waals surface area contributed by atoms with Crippen molar-refractivity contribution in [1.82, 2.24) is 0 Å². The lowest BCUT2D eigenvalue weighted by Gasteiger charge is -2.41. The van der Waals surface area contributed by atoms with Crippen LogP contribution in [0.2, 0.25) is 0 Å². The number of nitrogens with zero attached hydrogens (tertiary/aromatic N) is 1. The predicted octanol–water partition coefficient (Wildman–Crippen LogP) is 3.12. The fraction of sp³-hybridized carbons (Fsp3) is 0.941. The van der Waals surface area contributed by atoms with Gasteiger partial charge >= 0.3 is 0 Å². The molecule has 0 aliphatic carbocycles. The maximum absolute atomic E-state index is 8.89. The van der Waals surface area contributed by atoms with Crippen molar-refractivity contribution in [2.24, 2.45) is 0 Å². The predicted molar refractivity (Wildman–Crippen MR) is 83.3 cm³/mol. The first-order valence-corrected chi connectivity index (χ1v) is 8.59. The van der Waals surface area contributed by atoms with E-state index in [-0.39, 0.29) is 0 Å². The first kappa shape index (κ1) is 19.4. The van der Waals surface area contributed by atoms with Gasteiger partial charge in [0.05, 0.1) is 26.2 Å². The van der Waals surface area contributed by atoms with Gasteiger partial charge in [0.2, 0.25) is 0 Å². The highest BCUT2D eigenvalue weighted by Crippen LogP contribution is 2.20. The monoisotopic (exact) mass is 285 g/mol. The van der Waals surface area contributed by atoms with Crippen LogP contribution < -0.4 is 5.11 Å². The van der Waals surface area contributed by atoms with Crippen molar-refractivity contribution in [3.05, 3.63) is 0 Å². The minimum Gasteiger partial charge on any atom is -0.550 e. The molecule has 1 heterocycles. The van der Waals surface area contributed by atoms with Crippen molar-refractivity contribution in [1.29, 1.82) is 0 Å². The number of carboxylic acids is 1. The Morgan fingerprint density at radius 3 is 1.95 bits per heavy atom. The van der Waals surface area contributed by atoms with E-state index in [1.165, 1.54) is 88.4 Å². The molecule has 1 aliphatic rings. The van der Waals surface area contributed by atoms with Gasteiger partial charge in [0.25, 0.3) is 0 Å². The second kappa shape index (κ2) is 12.2. The number of unbranched alkanes of at least 4 members (excludes halogenated alkanes) is 5.